The number of hydrogen-bond acceptors (Lipinski definition) is 4. The summed E-state index contributed by atoms with van der Waals surface area (Å²) in [4.78, 5) is 18.0. The highest BCUT2D eigenvalue weighted by Gasteiger charge is 2.15. The van der Waals surface area contributed by atoms with Crippen LogP contribution >= 0.6 is 15.9 Å². The largest absolute Gasteiger partial charge is 0.341 e. The minimum Gasteiger partial charge on any atom is -0.341 e. The predicted molar refractivity (Wildman–Crippen MR) is 103 cm³/mol. The van der Waals surface area contributed by atoms with Crippen molar-refractivity contribution in [1.82, 2.24) is 15.0 Å². The van der Waals surface area contributed by atoms with E-state index in [1.807, 2.05) is 0 Å². The first-order valence-corrected chi connectivity index (χ1v) is 9.40. The van der Waals surface area contributed by atoms with Crippen LogP contribution in [-0.4, -0.2) is 28.0 Å². The highest BCUT2D eigenvalue weighted by Crippen LogP contribution is 2.20. The summed E-state index contributed by atoms with van der Waals surface area (Å²) in [5.74, 6) is -0.340. The SMILES string of the molecule is Cc1ccc(-c2noc(CCC(=O)N(C)Cc3cc(Br)ccc3F)n2)cc1F. The highest BCUT2D eigenvalue weighted by molar-refractivity contribution is 9.10. The van der Waals surface area contributed by atoms with Crippen molar-refractivity contribution in [2.24, 2.45) is 0 Å². The molecule has 1 heterocycles. The maximum Gasteiger partial charge on any atom is 0.227 e. The van der Waals surface area contributed by atoms with Crippen molar-refractivity contribution < 1.29 is 18.1 Å². The molecule has 1 aromatic heterocycles. The maximum atomic E-state index is 13.8. The number of benzene rings is 2. The number of halogens is 3. The first kappa shape index (κ1) is 20.1. The smallest absolute Gasteiger partial charge is 0.227 e. The fourth-order valence-corrected chi connectivity index (χ4v) is 3.03. The second-order valence-corrected chi connectivity index (χ2v) is 7.38. The molecule has 5 nitrogen and oxygen atoms in total. The van der Waals surface area contributed by atoms with Crippen molar-refractivity contribution in [2.45, 2.75) is 26.3 Å². The first-order valence-electron chi connectivity index (χ1n) is 8.60. The van der Waals surface area contributed by atoms with Crippen LogP contribution in [0.15, 0.2) is 45.4 Å². The summed E-state index contributed by atoms with van der Waals surface area (Å²) < 4.78 is 33.4. The minimum atomic E-state index is -0.366. The van der Waals surface area contributed by atoms with E-state index >= 15 is 0 Å². The molecule has 0 aliphatic heterocycles. The quantitative estimate of drug-likeness (QED) is 0.548. The van der Waals surface area contributed by atoms with Gasteiger partial charge in [0.05, 0.1) is 0 Å². The van der Waals surface area contributed by atoms with Crippen LogP contribution in [0.5, 0.6) is 0 Å². The fourth-order valence-electron chi connectivity index (χ4n) is 2.62. The Balaban J connectivity index is 1.59. The van der Waals surface area contributed by atoms with E-state index in [4.69, 9.17) is 4.52 Å². The molecule has 0 spiro atoms. The van der Waals surface area contributed by atoms with Gasteiger partial charge in [0, 0.05) is 42.0 Å². The molecule has 3 rings (SSSR count). The summed E-state index contributed by atoms with van der Waals surface area (Å²) in [5, 5.41) is 3.84. The number of aromatic nitrogens is 2. The summed E-state index contributed by atoms with van der Waals surface area (Å²) in [5.41, 5.74) is 1.46. The van der Waals surface area contributed by atoms with E-state index in [1.54, 1.807) is 38.2 Å². The van der Waals surface area contributed by atoms with Crippen molar-refractivity contribution in [3.05, 3.63) is 69.5 Å². The van der Waals surface area contributed by atoms with Crippen LogP contribution in [0.25, 0.3) is 11.4 Å². The molecule has 0 bridgehead atoms. The Bertz CT molecular complexity index is 1010. The van der Waals surface area contributed by atoms with E-state index in [0.717, 1.165) is 4.47 Å². The van der Waals surface area contributed by atoms with Gasteiger partial charge in [-0.25, -0.2) is 8.78 Å². The van der Waals surface area contributed by atoms with Gasteiger partial charge in [0.1, 0.15) is 11.6 Å². The van der Waals surface area contributed by atoms with Crippen molar-refractivity contribution in [3.63, 3.8) is 0 Å². The lowest BCUT2D eigenvalue weighted by molar-refractivity contribution is -0.130. The van der Waals surface area contributed by atoms with E-state index in [1.165, 1.54) is 17.0 Å². The zero-order valence-corrected chi connectivity index (χ0v) is 17.0. The zero-order chi connectivity index (χ0) is 20.3. The number of nitrogens with zero attached hydrogens (tertiary/aromatic N) is 3. The van der Waals surface area contributed by atoms with Gasteiger partial charge in [-0.05, 0) is 36.8 Å². The van der Waals surface area contributed by atoms with Gasteiger partial charge in [0.2, 0.25) is 17.6 Å². The van der Waals surface area contributed by atoms with Crippen LogP contribution in [0.2, 0.25) is 0 Å². The van der Waals surface area contributed by atoms with Gasteiger partial charge in [-0.15, -0.1) is 0 Å². The van der Waals surface area contributed by atoms with Crippen LogP contribution < -0.4 is 0 Å². The van der Waals surface area contributed by atoms with Crippen LogP contribution in [0.1, 0.15) is 23.4 Å². The normalized spacial score (nSPS) is 10.9. The van der Waals surface area contributed by atoms with E-state index in [-0.39, 0.29) is 48.6 Å². The molecule has 0 saturated heterocycles. The van der Waals surface area contributed by atoms with Gasteiger partial charge < -0.3 is 9.42 Å². The molecule has 0 aliphatic rings. The maximum absolute atomic E-state index is 13.8. The Morgan fingerprint density at radius 3 is 2.71 bits per heavy atom. The van der Waals surface area contributed by atoms with E-state index < -0.39 is 0 Å². The Kier molecular flexibility index (Phi) is 6.18. The molecule has 0 saturated carbocycles. The first-order chi connectivity index (χ1) is 13.3. The number of carbonyl (C=O) groups is 1. The molecule has 0 aliphatic carbocycles. The molecular weight excluding hydrogens is 432 g/mol. The Morgan fingerprint density at radius 1 is 1.18 bits per heavy atom. The molecule has 28 heavy (non-hydrogen) atoms. The number of amides is 1. The number of carbonyl (C=O) groups excluding carboxylic acids is 1. The zero-order valence-electron chi connectivity index (χ0n) is 15.4. The van der Waals surface area contributed by atoms with Gasteiger partial charge in [-0.1, -0.05) is 33.2 Å². The summed E-state index contributed by atoms with van der Waals surface area (Å²) >= 11 is 3.29. The third kappa shape index (κ3) is 4.81. The summed E-state index contributed by atoms with van der Waals surface area (Å²) in [6, 6.07) is 9.29. The Morgan fingerprint density at radius 2 is 1.96 bits per heavy atom. The second kappa shape index (κ2) is 8.60. The lowest BCUT2D eigenvalue weighted by atomic mass is 10.1. The van der Waals surface area contributed by atoms with Crippen molar-refractivity contribution in [2.75, 3.05) is 7.05 Å². The highest BCUT2D eigenvalue weighted by atomic mass is 79.9. The molecule has 0 fully saturated rings. The molecule has 8 heteroatoms. The number of hydrogen-bond donors (Lipinski definition) is 0. The van der Waals surface area contributed by atoms with Gasteiger partial charge in [0.25, 0.3) is 0 Å². The summed E-state index contributed by atoms with van der Waals surface area (Å²) in [6.45, 7) is 1.82. The van der Waals surface area contributed by atoms with Crippen molar-refractivity contribution in [1.29, 1.82) is 0 Å². The van der Waals surface area contributed by atoms with Crippen LogP contribution in [0.4, 0.5) is 8.78 Å². The lowest BCUT2D eigenvalue weighted by Gasteiger charge is -2.17. The molecule has 0 radical (unpaired) electrons. The molecular formula is C20H18BrF2N3O2. The standard InChI is InChI=1S/C20H18BrF2N3O2/c1-12-3-4-13(10-17(12)23)20-24-18(28-25-20)7-8-19(27)26(2)11-14-9-15(21)5-6-16(14)22/h3-6,9-10H,7-8,11H2,1-2H3. The van der Waals surface area contributed by atoms with Gasteiger partial charge in [-0.2, -0.15) is 4.98 Å². The number of aryl methyl sites for hydroxylation is 2. The van der Waals surface area contributed by atoms with Crippen LogP contribution in [0, 0.1) is 18.6 Å². The molecule has 0 N–H and O–H groups in total. The van der Waals surface area contributed by atoms with E-state index in [9.17, 15) is 13.6 Å². The minimum absolute atomic E-state index is 0.135. The third-order valence-electron chi connectivity index (χ3n) is 4.29. The summed E-state index contributed by atoms with van der Waals surface area (Å²) in [6.07, 6.45) is 0.376. The second-order valence-electron chi connectivity index (χ2n) is 6.46. The average Bonchev–Trinajstić information content (AvgIpc) is 3.14. The van der Waals surface area contributed by atoms with Gasteiger partial charge in [0.15, 0.2) is 0 Å². The predicted octanol–water partition coefficient (Wildman–Crippen LogP) is 4.68. The Labute approximate surface area is 169 Å². The number of rotatable bonds is 6. The molecule has 1 amide bonds. The molecule has 0 atom stereocenters. The molecule has 2 aromatic carbocycles. The van der Waals surface area contributed by atoms with E-state index in [2.05, 4.69) is 26.1 Å². The van der Waals surface area contributed by atoms with E-state index in [0.29, 0.717) is 16.7 Å². The van der Waals surface area contributed by atoms with Crippen LogP contribution in [0.3, 0.4) is 0 Å². The van der Waals surface area contributed by atoms with Crippen LogP contribution in [-0.2, 0) is 17.8 Å². The van der Waals surface area contributed by atoms with Crippen molar-refractivity contribution in [3.8, 4) is 11.4 Å². The third-order valence-corrected chi connectivity index (χ3v) is 4.79. The fraction of sp³-hybridized carbons (Fsp3) is 0.250. The van der Waals surface area contributed by atoms with Gasteiger partial charge in [-0.3, -0.25) is 4.79 Å². The molecule has 3 aromatic rings. The van der Waals surface area contributed by atoms with Crippen molar-refractivity contribution >= 4 is 21.8 Å². The molecule has 146 valence electrons. The van der Waals surface area contributed by atoms with Gasteiger partial charge >= 0.3 is 0 Å². The lowest BCUT2D eigenvalue weighted by Crippen LogP contribution is -2.26. The molecule has 0 unspecified atom stereocenters. The monoisotopic (exact) mass is 449 g/mol. The Hall–Kier alpha value is -2.61. The average molecular weight is 450 g/mol. The topological polar surface area (TPSA) is 59.2 Å². The summed E-state index contributed by atoms with van der Waals surface area (Å²) in [7, 11) is 1.61.